The molecular formula is C40H45F3N4O3. The molecule has 7 rings (SSSR count). The quantitative estimate of drug-likeness (QED) is 0.313. The van der Waals surface area contributed by atoms with Gasteiger partial charge in [-0.05, 0) is 91.2 Å². The van der Waals surface area contributed by atoms with Gasteiger partial charge in [0.1, 0.15) is 18.1 Å². The van der Waals surface area contributed by atoms with Crippen LogP contribution < -0.4 is 0 Å². The molecule has 0 saturated heterocycles. The van der Waals surface area contributed by atoms with Crippen molar-refractivity contribution in [1.29, 1.82) is 5.26 Å². The Kier molecular flexibility index (Phi) is 7.32. The highest BCUT2D eigenvalue weighted by atomic mass is 19.4. The molecule has 0 spiro atoms. The number of nitriles is 1. The Morgan fingerprint density at radius 2 is 1.68 bits per heavy atom. The van der Waals surface area contributed by atoms with Crippen LogP contribution in [0.1, 0.15) is 104 Å². The van der Waals surface area contributed by atoms with Crippen molar-refractivity contribution in [3.05, 3.63) is 59.7 Å². The Labute approximate surface area is 291 Å². The predicted molar refractivity (Wildman–Crippen MR) is 180 cm³/mol. The summed E-state index contributed by atoms with van der Waals surface area (Å²) in [6, 6.07) is 3.99. The number of carbonyl (C=O) groups excluding carboxylic acids is 3. The fourth-order valence-corrected chi connectivity index (χ4v) is 11.6. The van der Waals surface area contributed by atoms with Gasteiger partial charge >= 0.3 is 6.18 Å². The number of pyridine rings is 1. The molecule has 264 valence electrons. The van der Waals surface area contributed by atoms with Gasteiger partial charge in [-0.2, -0.15) is 18.4 Å². The second-order valence-corrected chi connectivity index (χ2v) is 17.8. The van der Waals surface area contributed by atoms with Gasteiger partial charge in [0, 0.05) is 29.1 Å². The van der Waals surface area contributed by atoms with Crippen LogP contribution in [0.2, 0.25) is 0 Å². The van der Waals surface area contributed by atoms with Crippen LogP contribution in [0.4, 0.5) is 13.2 Å². The van der Waals surface area contributed by atoms with Gasteiger partial charge in [-0.3, -0.25) is 23.9 Å². The summed E-state index contributed by atoms with van der Waals surface area (Å²) in [7, 11) is 0. The van der Waals surface area contributed by atoms with Gasteiger partial charge in [0.05, 0.1) is 22.2 Å². The van der Waals surface area contributed by atoms with E-state index in [-0.39, 0.29) is 51.7 Å². The molecule has 0 aliphatic heterocycles. The van der Waals surface area contributed by atoms with Gasteiger partial charge in [0.15, 0.2) is 11.6 Å². The van der Waals surface area contributed by atoms with E-state index in [9.17, 15) is 32.8 Å². The van der Waals surface area contributed by atoms with Gasteiger partial charge in [-0.1, -0.05) is 60.1 Å². The lowest BCUT2D eigenvalue weighted by Gasteiger charge is -2.69. The summed E-state index contributed by atoms with van der Waals surface area (Å²) in [4.78, 5) is 51.5. The molecule has 7 atom stereocenters. The van der Waals surface area contributed by atoms with Crippen LogP contribution in [0.25, 0.3) is 11.4 Å². The molecule has 50 heavy (non-hydrogen) atoms. The van der Waals surface area contributed by atoms with Gasteiger partial charge in [-0.15, -0.1) is 0 Å². The lowest BCUT2D eigenvalue weighted by atomic mass is 9.34. The molecule has 2 aromatic heterocycles. The van der Waals surface area contributed by atoms with Crippen LogP contribution >= 0.6 is 0 Å². The van der Waals surface area contributed by atoms with E-state index < -0.39 is 44.7 Å². The standard InChI is InChI=1S/C40H45F3N4O3/c1-34(2)11-13-39(33(50)47-21-27(46-22-47)26-16-24(9-15-45-26)40(41,42)43)14-12-38(7)31(25(39)19-34)28(48)17-30-36(5)18-23(20-44)32(49)35(3,4)29(36)8-10-37(30,38)6/h9,15-18,21-22,25,29,31H,8,10-14,19H2,1-7H3/t25?,29?,31-,36-,37+,38+,39-/m0/s1. The number of hydrogen-bond donors (Lipinski definition) is 0. The molecule has 3 saturated carbocycles. The number of carbonyl (C=O) groups is 3. The average Bonchev–Trinajstić information content (AvgIpc) is 3.54. The minimum Gasteiger partial charge on any atom is -0.295 e. The maximum absolute atomic E-state index is 14.8. The minimum absolute atomic E-state index is 0.00234. The monoisotopic (exact) mass is 686 g/mol. The Hall–Kier alpha value is -3.87. The van der Waals surface area contributed by atoms with Gasteiger partial charge in [-0.25, -0.2) is 4.98 Å². The zero-order valence-corrected chi connectivity index (χ0v) is 29.9. The molecule has 2 unspecified atom stereocenters. The Balaban J connectivity index is 1.31. The highest BCUT2D eigenvalue weighted by Crippen LogP contribution is 2.74. The summed E-state index contributed by atoms with van der Waals surface area (Å²) in [5.41, 5.74) is -2.77. The maximum atomic E-state index is 14.8. The molecule has 2 aromatic rings. The van der Waals surface area contributed by atoms with Crippen molar-refractivity contribution in [2.75, 3.05) is 0 Å². The van der Waals surface area contributed by atoms with Crippen molar-refractivity contribution < 1.29 is 27.6 Å². The molecular weight excluding hydrogens is 641 g/mol. The number of allylic oxidation sites excluding steroid dienone is 4. The van der Waals surface area contributed by atoms with Crippen molar-refractivity contribution in [2.24, 2.45) is 50.2 Å². The minimum atomic E-state index is -4.54. The van der Waals surface area contributed by atoms with Crippen molar-refractivity contribution in [2.45, 2.75) is 99.6 Å². The van der Waals surface area contributed by atoms with Crippen LogP contribution in [-0.2, 0) is 15.8 Å². The van der Waals surface area contributed by atoms with E-state index in [1.54, 1.807) is 0 Å². The molecule has 5 aliphatic carbocycles. The number of halogens is 3. The SMILES string of the molecule is CC1(C)CC[C@]2(C(=O)n3cnc(-c4cc(C(F)(F)F)ccn4)c3)CC[C@]3(C)[C@H](C(=O)C=C4[C@@]5(C)C=C(C#N)C(=O)C(C)(C)C5CC[C@]43C)C2C1. The van der Waals surface area contributed by atoms with Crippen LogP contribution in [-0.4, -0.2) is 32.0 Å². The normalized spacial score (nSPS) is 37.3. The summed E-state index contributed by atoms with van der Waals surface area (Å²) in [6.45, 7) is 14.8. The van der Waals surface area contributed by atoms with E-state index in [0.717, 1.165) is 43.2 Å². The van der Waals surface area contributed by atoms with Gasteiger partial charge in [0.25, 0.3) is 0 Å². The predicted octanol–water partition coefficient (Wildman–Crippen LogP) is 8.82. The number of alkyl halides is 3. The van der Waals surface area contributed by atoms with Crippen LogP contribution in [0.5, 0.6) is 0 Å². The Morgan fingerprint density at radius 1 is 0.980 bits per heavy atom. The first-order chi connectivity index (χ1) is 23.1. The Morgan fingerprint density at radius 3 is 2.36 bits per heavy atom. The molecule has 10 heteroatoms. The first-order valence-electron chi connectivity index (χ1n) is 17.7. The number of fused-ring (bicyclic) bond motifs is 7. The van der Waals surface area contributed by atoms with Crippen LogP contribution in [0.15, 0.2) is 54.2 Å². The van der Waals surface area contributed by atoms with Crippen molar-refractivity contribution in [3.63, 3.8) is 0 Å². The van der Waals surface area contributed by atoms with E-state index >= 15 is 0 Å². The van der Waals surface area contributed by atoms with Crippen LogP contribution in [0, 0.1) is 61.6 Å². The first-order valence-corrected chi connectivity index (χ1v) is 17.7. The largest absolute Gasteiger partial charge is 0.416 e. The summed E-state index contributed by atoms with van der Waals surface area (Å²) in [6.07, 6.45) is 7.88. The summed E-state index contributed by atoms with van der Waals surface area (Å²) < 4.78 is 41.8. The van der Waals surface area contributed by atoms with E-state index in [4.69, 9.17) is 0 Å². The number of imidazole rings is 1. The van der Waals surface area contributed by atoms with E-state index in [1.807, 2.05) is 26.0 Å². The third-order valence-electron chi connectivity index (χ3n) is 14.5. The maximum Gasteiger partial charge on any atom is 0.416 e. The average molecular weight is 687 g/mol. The van der Waals surface area contributed by atoms with Crippen LogP contribution in [0.3, 0.4) is 0 Å². The number of Topliss-reactive ketones (excluding diaryl/α,β-unsaturated/α-hetero) is 1. The van der Waals surface area contributed by atoms with Gasteiger partial charge < -0.3 is 0 Å². The third kappa shape index (κ3) is 4.56. The molecule has 0 radical (unpaired) electrons. The second-order valence-electron chi connectivity index (χ2n) is 17.8. The highest BCUT2D eigenvalue weighted by molar-refractivity contribution is 6.04. The summed E-state index contributed by atoms with van der Waals surface area (Å²) >= 11 is 0. The second kappa shape index (κ2) is 10.6. The van der Waals surface area contributed by atoms with E-state index in [2.05, 4.69) is 50.7 Å². The molecule has 0 bridgehead atoms. The molecule has 0 N–H and O–H groups in total. The van der Waals surface area contributed by atoms with Gasteiger partial charge in [0.2, 0.25) is 5.91 Å². The lowest BCUT2D eigenvalue weighted by molar-refractivity contribution is -0.164. The fraction of sp³-hybridized carbons (Fsp3) is 0.600. The zero-order chi connectivity index (χ0) is 36.4. The molecule has 5 aliphatic rings. The molecule has 3 fully saturated rings. The summed E-state index contributed by atoms with van der Waals surface area (Å²) in [5, 5.41) is 10.00. The fourth-order valence-electron chi connectivity index (χ4n) is 11.6. The molecule has 7 nitrogen and oxygen atoms in total. The number of ketones is 2. The van der Waals surface area contributed by atoms with E-state index in [1.165, 1.54) is 17.1 Å². The number of rotatable bonds is 2. The number of nitrogens with zero attached hydrogens (tertiary/aromatic N) is 4. The third-order valence-corrected chi connectivity index (χ3v) is 14.5. The highest BCUT2D eigenvalue weighted by Gasteiger charge is 2.71. The van der Waals surface area contributed by atoms with Crippen molar-refractivity contribution in [1.82, 2.24) is 14.5 Å². The topological polar surface area (TPSA) is 106 Å². The molecule has 0 aromatic carbocycles. The first kappa shape index (κ1) is 34.6. The van der Waals surface area contributed by atoms with Crippen molar-refractivity contribution >= 4 is 17.5 Å². The number of aromatic nitrogens is 3. The number of hydrogen-bond acceptors (Lipinski definition) is 6. The Bertz CT molecular complexity index is 1950. The molecule has 0 amide bonds. The summed E-state index contributed by atoms with van der Waals surface area (Å²) in [5.74, 6) is -1.08. The zero-order valence-electron chi connectivity index (χ0n) is 29.9. The van der Waals surface area contributed by atoms with E-state index in [0.29, 0.717) is 25.7 Å². The van der Waals surface area contributed by atoms with Crippen molar-refractivity contribution in [3.8, 4) is 17.5 Å². The molecule has 2 heterocycles. The smallest absolute Gasteiger partial charge is 0.295 e. The lowest BCUT2D eigenvalue weighted by Crippen LogP contribution is -2.66.